The van der Waals surface area contributed by atoms with Crippen LogP contribution < -0.4 is 10.2 Å². The molecule has 3 rings (SSSR count). The fraction of sp³-hybridized carbons (Fsp3) is 0.263. The van der Waals surface area contributed by atoms with Gasteiger partial charge in [0.2, 0.25) is 0 Å². The Morgan fingerprint density at radius 3 is 2.35 bits per heavy atom. The fourth-order valence-corrected chi connectivity index (χ4v) is 2.70. The number of aliphatic imine (C=N–C) groups is 1. The predicted octanol–water partition coefficient (Wildman–Crippen LogP) is 4.70. The number of carbonyl (C=O) groups is 1. The Hall–Kier alpha value is -2.62. The molecule has 1 heterocycles. The van der Waals surface area contributed by atoms with Gasteiger partial charge < -0.3 is 5.32 Å². The monoisotopic (exact) mass is 307 g/mol. The summed E-state index contributed by atoms with van der Waals surface area (Å²) in [5, 5.41) is 2.96. The van der Waals surface area contributed by atoms with Crippen LogP contribution in [0.15, 0.2) is 65.7 Å². The van der Waals surface area contributed by atoms with Crippen LogP contribution in [0, 0.1) is 0 Å². The molecule has 0 unspecified atom stereocenters. The van der Waals surface area contributed by atoms with Crippen LogP contribution in [0.4, 0.5) is 16.2 Å². The summed E-state index contributed by atoms with van der Waals surface area (Å²) in [6, 6.07) is 19.1. The Kier molecular flexibility index (Phi) is 5.04. The lowest BCUT2D eigenvalue weighted by Gasteiger charge is -2.24. The van der Waals surface area contributed by atoms with Crippen LogP contribution in [0.5, 0.6) is 0 Å². The largest absolute Gasteiger partial charge is 0.331 e. The average Bonchev–Trinajstić information content (AvgIpc) is 2.86. The lowest BCUT2D eigenvalue weighted by atomic mass is 10.2. The van der Waals surface area contributed by atoms with Gasteiger partial charge in [-0.25, -0.2) is 4.79 Å². The smallest absolute Gasteiger partial charge is 0.307 e. The van der Waals surface area contributed by atoms with Crippen LogP contribution >= 0.6 is 0 Å². The van der Waals surface area contributed by atoms with Gasteiger partial charge >= 0.3 is 6.03 Å². The maximum atomic E-state index is 12.9. The molecule has 2 aromatic rings. The molecule has 4 nitrogen and oxygen atoms in total. The Balaban J connectivity index is 1.88. The SMILES string of the molecule is O=C(Nc1ccccc1)N(C1=NCCCCC1)c1ccccc1. The van der Waals surface area contributed by atoms with E-state index in [0.29, 0.717) is 0 Å². The van der Waals surface area contributed by atoms with Crippen molar-refractivity contribution < 1.29 is 4.79 Å². The van der Waals surface area contributed by atoms with Crippen LogP contribution in [0.25, 0.3) is 0 Å². The number of nitrogens with zero attached hydrogens (tertiary/aromatic N) is 2. The van der Waals surface area contributed by atoms with Crippen LogP contribution in [0.2, 0.25) is 0 Å². The number of para-hydroxylation sites is 2. The van der Waals surface area contributed by atoms with E-state index in [1.807, 2.05) is 60.7 Å². The highest BCUT2D eigenvalue weighted by Crippen LogP contribution is 2.20. The molecule has 23 heavy (non-hydrogen) atoms. The molecule has 0 radical (unpaired) electrons. The van der Waals surface area contributed by atoms with E-state index in [9.17, 15) is 4.79 Å². The van der Waals surface area contributed by atoms with Crippen molar-refractivity contribution in [3.8, 4) is 0 Å². The zero-order chi connectivity index (χ0) is 15.9. The van der Waals surface area contributed by atoms with Crippen LogP contribution in [-0.4, -0.2) is 18.4 Å². The van der Waals surface area contributed by atoms with E-state index in [2.05, 4.69) is 10.3 Å². The average molecular weight is 307 g/mol. The maximum Gasteiger partial charge on any atom is 0.331 e. The molecule has 0 aromatic heterocycles. The molecule has 0 saturated carbocycles. The van der Waals surface area contributed by atoms with Crippen LogP contribution in [0.3, 0.4) is 0 Å². The lowest BCUT2D eigenvalue weighted by molar-refractivity contribution is 0.259. The number of hydrogen-bond acceptors (Lipinski definition) is 2. The van der Waals surface area contributed by atoms with Crippen molar-refractivity contribution in [1.82, 2.24) is 0 Å². The van der Waals surface area contributed by atoms with E-state index < -0.39 is 0 Å². The van der Waals surface area contributed by atoms with Crippen molar-refractivity contribution in [2.75, 3.05) is 16.8 Å². The first-order chi connectivity index (χ1) is 11.3. The van der Waals surface area contributed by atoms with Gasteiger partial charge in [0.05, 0.1) is 5.69 Å². The molecule has 0 atom stereocenters. The van der Waals surface area contributed by atoms with E-state index in [1.54, 1.807) is 4.90 Å². The number of hydrogen-bond donors (Lipinski definition) is 1. The number of anilines is 2. The molecule has 118 valence electrons. The topological polar surface area (TPSA) is 44.7 Å². The number of amides is 2. The van der Waals surface area contributed by atoms with E-state index in [-0.39, 0.29) is 6.03 Å². The van der Waals surface area contributed by atoms with Gasteiger partial charge in [-0.3, -0.25) is 9.89 Å². The highest BCUT2D eigenvalue weighted by molar-refractivity contribution is 6.20. The van der Waals surface area contributed by atoms with Crippen LogP contribution in [-0.2, 0) is 0 Å². The van der Waals surface area contributed by atoms with Crippen molar-refractivity contribution in [2.45, 2.75) is 25.7 Å². The Bertz CT molecular complexity index is 668. The summed E-state index contributed by atoms with van der Waals surface area (Å²) in [7, 11) is 0. The van der Waals surface area contributed by atoms with Crippen molar-refractivity contribution >= 4 is 23.2 Å². The van der Waals surface area contributed by atoms with Crippen molar-refractivity contribution in [3.05, 3.63) is 60.7 Å². The van der Waals surface area contributed by atoms with Gasteiger partial charge in [0.25, 0.3) is 0 Å². The molecule has 0 bridgehead atoms. The van der Waals surface area contributed by atoms with Gasteiger partial charge in [-0.1, -0.05) is 42.8 Å². The molecule has 1 N–H and O–H groups in total. The van der Waals surface area contributed by atoms with E-state index >= 15 is 0 Å². The number of urea groups is 1. The normalized spacial score (nSPS) is 14.5. The Labute approximate surface area is 136 Å². The number of carbonyl (C=O) groups excluding carboxylic acids is 1. The minimum Gasteiger partial charge on any atom is -0.307 e. The quantitative estimate of drug-likeness (QED) is 0.859. The predicted molar refractivity (Wildman–Crippen MR) is 95.2 cm³/mol. The minimum atomic E-state index is -0.164. The standard InChI is InChI=1S/C19H21N3O/c23-19(21-16-10-4-1-5-11-16)22(17-12-6-2-7-13-17)18-14-8-3-9-15-20-18/h1-2,4-7,10-13H,3,8-9,14-15H2,(H,21,23). The highest BCUT2D eigenvalue weighted by Gasteiger charge is 2.22. The molecule has 0 saturated heterocycles. The molecule has 4 heteroatoms. The molecular formula is C19H21N3O. The Morgan fingerprint density at radius 2 is 1.61 bits per heavy atom. The summed E-state index contributed by atoms with van der Waals surface area (Å²) in [6.07, 6.45) is 4.15. The van der Waals surface area contributed by atoms with Gasteiger partial charge in [-0.05, 0) is 37.1 Å². The van der Waals surface area contributed by atoms with Gasteiger partial charge in [-0.15, -0.1) is 0 Å². The second-order valence-corrected chi connectivity index (χ2v) is 5.58. The molecule has 2 amide bonds. The summed E-state index contributed by atoms with van der Waals surface area (Å²) in [5.41, 5.74) is 1.63. The zero-order valence-electron chi connectivity index (χ0n) is 13.1. The number of rotatable bonds is 2. The first-order valence-corrected chi connectivity index (χ1v) is 8.09. The van der Waals surface area contributed by atoms with Crippen molar-refractivity contribution in [1.29, 1.82) is 0 Å². The van der Waals surface area contributed by atoms with E-state index in [1.165, 1.54) is 0 Å². The van der Waals surface area contributed by atoms with Gasteiger partial charge in [0.15, 0.2) is 0 Å². The molecule has 0 spiro atoms. The summed E-state index contributed by atoms with van der Waals surface area (Å²) < 4.78 is 0. The molecule has 2 aromatic carbocycles. The highest BCUT2D eigenvalue weighted by atomic mass is 16.2. The molecular weight excluding hydrogens is 286 g/mol. The fourth-order valence-electron chi connectivity index (χ4n) is 2.70. The maximum absolute atomic E-state index is 12.9. The summed E-state index contributed by atoms with van der Waals surface area (Å²) in [6.45, 7) is 0.789. The number of benzene rings is 2. The van der Waals surface area contributed by atoms with Crippen LogP contribution in [0.1, 0.15) is 25.7 Å². The van der Waals surface area contributed by atoms with Gasteiger partial charge in [-0.2, -0.15) is 0 Å². The van der Waals surface area contributed by atoms with Crippen molar-refractivity contribution in [3.63, 3.8) is 0 Å². The molecule has 0 fully saturated rings. The Morgan fingerprint density at radius 1 is 0.913 bits per heavy atom. The second-order valence-electron chi connectivity index (χ2n) is 5.58. The van der Waals surface area contributed by atoms with E-state index in [0.717, 1.165) is 49.4 Å². The van der Waals surface area contributed by atoms with Gasteiger partial charge in [0.1, 0.15) is 5.84 Å². The minimum absolute atomic E-state index is 0.164. The molecule has 0 aliphatic carbocycles. The van der Waals surface area contributed by atoms with Crippen molar-refractivity contribution in [2.24, 2.45) is 4.99 Å². The number of nitrogens with one attached hydrogen (secondary N) is 1. The summed E-state index contributed by atoms with van der Waals surface area (Å²) in [5.74, 6) is 0.849. The third kappa shape index (κ3) is 3.97. The summed E-state index contributed by atoms with van der Waals surface area (Å²) in [4.78, 5) is 19.2. The summed E-state index contributed by atoms with van der Waals surface area (Å²) >= 11 is 0. The second kappa shape index (κ2) is 7.58. The third-order valence-corrected chi connectivity index (χ3v) is 3.85. The molecule has 1 aliphatic heterocycles. The van der Waals surface area contributed by atoms with E-state index in [4.69, 9.17) is 0 Å². The first-order valence-electron chi connectivity index (χ1n) is 8.09. The molecule has 1 aliphatic rings. The van der Waals surface area contributed by atoms with Gasteiger partial charge in [0, 0.05) is 18.7 Å². The lowest BCUT2D eigenvalue weighted by Crippen LogP contribution is -2.40. The zero-order valence-corrected chi connectivity index (χ0v) is 13.1. The number of amidine groups is 1. The first kappa shape index (κ1) is 15.3. The third-order valence-electron chi connectivity index (χ3n) is 3.85.